The van der Waals surface area contributed by atoms with E-state index in [1.807, 2.05) is 0 Å². The smallest absolute Gasteiger partial charge is 0.338 e. The van der Waals surface area contributed by atoms with Crippen LogP contribution in [0.5, 0.6) is 5.75 Å². The van der Waals surface area contributed by atoms with Crippen molar-refractivity contribution >= 4 is 39.0 Å². The van der Waals surface area contributed by atoms with Gasteiger partial charge in [0.25, 0.3) is 0 Å². The topological polar surface area (TPSA) is 89.9 Å². The van der Waals surface area contributed by atoms with Gasteiger partial charge in [0.2, 0.25) is 0 Å². The molecule has 1 N–H and O–H groups in total. The van der Waals surface area contributed by atoms with Crippen LogP contribution >= 0.6 is 15.9 Å². The number of rotatable bonds is 3. The summed E-state index contributed by atoms with van der Waals surface area (Å²) in [5.41, 5.74) is 1.61. The average molecular weight is 435 g/mol. The van der Waals surface area contributed by atoms with Gasteiger partial charge in [-0.3, -0.25) is 9.59 Å². The molecule has 6 nitrogen and oxygen atoms in total. The number of carbonyl (C=O) groups is 3. The summed E-state index contributed by atoms with van der Waals surface area (Å²) in [7, 11) is 2.67. The predicted octanol–water partition coefficient (Wildman–Crippen LogP) is 2.89. The van der Waals surface area contributed by atoms with Crippen LogP contribution in [0.25, 0.3) is 5.57 Å². The fourth-order valence-electron chi connectivity index (χ4n) is 3.63. The Bertz CT molecular complexity index is 925. The molecule has 1 aromatic rings. The van der Waals surface area contributed by atoms with Crippen LogP contribution in [0, 0.1) is 6.92 Å². The number of allylic oxidation sites excluding steroid dienone is 3. The minimum atomic E-state index is -0.959. The number of ether oxygens (including phenoxy) is 2. The molecule has 1 unspecified atom stereocenters. The Morgan fingerprint density at radius 2 is 1.93 bits per heavy atom. The number of aliphatic hydroxyl groups excluding tert-OH is 1. The molecule has 0 aliphatic heterocycles. The van der Waals surface area contributed by atoms with E-state index in [1.54, 1.807) is 19.1 Å². The van der Waals surface area contributed by atoms with Gasteiger partial charge in [-0.15, -0.1) is 0 Å². The lowest BCUT2D eigenvalue weighted by Crippen LogP contribution is -2.31. The number of hydrogen-bond donors (Lipinski definition) is 1. The molecule has 0 amide bonds. The van der Waals surface area contributed by atoms with Gasteiger partial charge in [0.05, 0.1) is 35.9 Å². The van der Waals surface area contributed by atoms with Gasteiger partial charge in [-0.1, -0.05) is 0 Å². The van der Waals surface area contributed by atoms with Gasteiger partial charge in [-0.2, -0.15) is 0 Å². The summed E-state index contributed by atoms with van der Waals surface area (Å²) in [4.78, 5) is 38.5. The third-order valence-corrected chi connectivity index (χ3v) is 5.61. The lowest BCUT2D eigenvalue weighted by molar-refractivity contribution is -0.116. The van der Waals surface area contributed by atoms with Gasteiger partial charge in [-0.25, -0.2) is 4.79 Å². The molecule has 2 aliphatic rings. The van der Waals surface area contributed by atoms with E-state index < -0.39 is 17.9 Å². The molecule has 0 bridgehead atoms. The number of esters is 1. The standard InChI is InChI=1S/C20H19BrO6/c1-9-7-11(20(25)27-3)15(13(8-9)26-2)16-17(21)19(24)14-10(18(16)23)5-4-6-12(14)22/h7-8,12,22H,4-6H2,1-3H3. The molecule has 0 heterocycles. The molecule has 0 fully saturated rings. The molecule has 0 radical (unpaired) electrons. The zero-order valence-electron chi connectivity index (χ0n) is 15.2. The van der Waals surface area contributed by atoms with Crippen molar-refractivity contribution in [3.8, 4) is 5.75 Å². The fourth-order valence-corrected chi connectivity index (χ4v) is 4.22. The Morgan fingerprint density at radius 3 is 2.56 bits per heavy atom. The molecular formula is C20H19BrO6. The van der Waals surface area contributed by atoms with Crippen LogP contribution in [0.2, 0.25) is 0 Å². The first-order valence-corrected chi connectivity index (χ1v) is 9.28. The normalized spacial score (nSPS) is 20.0. The van der Waals surface area contributed by atoms with Crippen LogP contribution in [-0.4, -0.2) is 43.0 Å². The van der Waals surface area contributed by atoms with Crippen molar-refractivity contribution < 1.29 is 29.0 Å². The number of benzene rings is 1. The first kappa shape index (κ1) is 19.5. The maximum atomic E-state index is 13.3. The minimum absolute atomic E-state index is 0.0134. The van der Waals surface area contributed by atoms with Crippen molar-refractivity contribution in [3.05, 3.63) is 44.5 Å². The highest BCUT2D eigenvalue weighted by molar-refractivity contribution is 9.12. The highest BCUT2D eigenvalue weighted by Crippen LogP contribution is 2.43. The predicted molar refractivity (Wildman–Crippen MR) is 102 cm³/mol. The van der Waals surface area contributed by atoms with Gasteiger partial charge in [0, 0.05) is 16.7 Å². The van der Waals surface area contributed by atoms with E-state index in [0.29, 0.717) is 30.6 Å². The second-order valence-electron chi connectivity index (χ2n) is 6.53. The summed E-state index contributed by atoms with van der Waals surface area (Å²) in [6.45, 7) is 1.79. The number of hydrogen-bond acceptors (Lipinski definition) is 6. The summed E-state index contributed by atoms with van der Waals surface area (Å²) < 4.78 is 10.3. The van der Waals surface area contributed by atoms with Crippen LogP contribution in [0.15, 0.2) is 27.8 Å². The highest BCUT2D eigenvalue weighted by Gasteiger charge is 2.40. The van der Waals surface area contributed by atoms with Crippen molar-refractivity contribution in [1.82, 2.24) is 0 Å². The summed E-state index contributed by atoms with van der Waals surface area (Å²) >= 11 is 3.23. The van der Waals surface area contributed by atoms with E-state index in [1.165, 1.54) is 14.2 Å². The first-order chi connectivity index (χ1) is 12.8. The number of methoxy groups -OCH3 is 2. The molecule has 7 heteroatoms. The fraction of sp³-hybridized carbons (Fsp3) is 0.350. The molecule has 0 saturated heterocycles. The van der Waals surface area contributed by atoms with E-state index in [-0.39, 0.29) is 32.5 Å². The third-order valence-electron chi connectivity index (χ3n) is 4.85. The molecule has 27 heavy (non-hydrogen) atoms. The van der Waals surface area contributed by atoms with Crippen LogP contribution in [0.4, 0.5) is 0 Å². The number of halogens is 1. The Morgan fingerprint density at radius 1 is 1.22 bits per heavy atom. The van der Waals surface area contributed by atoms with Crippen molar-refractivity contribution in [3.63, 3.8) is 0 Å². The van der Waals surface area contributed by atoms with Crippen LogP contribution in [-0.2, 0) is 14.3 Å². The minimum Gasteiger partial charge on any atom is -0.496 e. The highest BCUT2D eigenvalue weighted by atomic mass is 79.9. The number of carbonyl (C=O) groups excluding carboxylic acids is 3. The number of aliphatic hydroxyl groups is 1. The van der Waals surface area contributed by atoms with E-state index in [4.69, 9.17) is 9.47 Å². The van der Waals surface area contributed by atoms with E-state index in [2.05, 4.69) is 15.9 Å². The Kier molecular flexibility index (Phi) is 5.35. The Balaban J connectivity index is 2.30. The van der Waals surface area contributed by atoms with Gasteiger partial charge >= 0.3 is 5.97 Å². The van der Waals surface area contributed by atoms with E-state index in [0.717, 1.165) is 5.56 Å². The molecule has 0 saturated carbocycles. The van der Waals surface area contributed by atoms with Crippen molar-refractivity contribution in [2.75, 3.05) is 14.2 Å². The quantitative estimate of drug-likeness (QED) is 0.580. The largest absolute Gasteiger partial charge is 0.496 e. The lowest BCUT2D eigenvalue weighted by atomic mass is 9.77. The van der Waals surface area contributed by atoms with E-state index >= 15 is 0 Å². The molecular weight excluding hydrogens is 416 g/mol. The zero-order valence-corrected chi connectivity index (χ0v) is 16.8. The van der Waals surface area contributed by atoms with Crippen molar-refractivity contribution in [2.24, 2.45) is 0 Å². The van der Waals surface area contributed by atoms with Gasteiger partial charge in [-0.05, 0) is 59.8 Å². The Hall–Kier alpha value is -2.25. The number of aryl methyl sites for hydroxylation is 1. The molecule has 142 valence electrons. The SMILES string of the molecule is COC(=O)c1cc(C)cc(OC)c1C1=C(Br)C(=O)C2=C(CCCC2O)C1=O. The molecule has 3 rings (SSSR count). The molecule has 1 aromatic carbocycles. The van der Waals surface area contributed by atoms with Crippen LogP contribution in [0.1, 0.15) is 40.7 Å². The molecule has 1 atom stereocenters. The molecule has 0 aromatic heterocycles. The monoisotopic (exact) mass is 434 g/mol. The van der Waals surface area contributed by atoms with Crippen molar-refractivity contribution in [1.29, 1.82) is 0 Å². The summed E-state index contributed by atoms with van der Waals surface area (Å²) in [6, 6.07) is 3.28. The average Bonchev–Trinajstić information content (AvgIpc) is 2.66. The molecule has 0 spiro atoms. The number of ketones is 2. The van der Waals surface area contributed by atoms with Crippen LogP contribution in [0.3, 0.4) is 0 Å². The third kappa shape index (κ3) is 3.15. The Labute approximate surface area is 165 Å². The van der Waals surface area contributed by atoms with Gasteiger partial charge in [0.15, 0.2) is 11.6 Å². The maximum absolute atomic E-state index is 13.3. The maximum Gasteiger partial charge on any atom is 0.338 e. The van der Waals surface area contributed by atoms with Crippen LogP contribution < -0.4 is 4.74 Å². The summed E-state index contributed by atoms with van der Waals surface area (Å²) in [6.07, 6.45) is 0.495. The number of Topliss-reactive ketones (excluding diaryl/α,β-unsaturated/α-hetero) is 2. The second-order valence-corrected chi connectivity index (χ2v) is 7.32. The lowest BCUT2D eigenvalue weighted by Gasteiger charge is -2.29. The second kappa shape index (κ2) is 7.40. The van der Waals surface area contributed by atoms with Gasteiger partial charge < -0.3 is 14.6 Å². The van der Waals surface area contributed by atoms with Gasteiger partial charge in [0.1, 0.15) is 5.75 Å². The molecule has 2 aliphatic carbocycles. The summed E-state index contributed by atoms with van der Waals surface area (Å²) in [5.74, 6) is -1.17. The van der Waals surface area contributed by atoms with Crippen molar-refractivity contribution in [2.45, 2.75) is 32.3 Å². The zero-order chi connectivity index (χ0) is 19.9. The summed E-state index contributed by atoms with van der Waals surface area (Å²) in [5, 5.41) is 10.2. The first-order valence-electron chi connectivity index (χ1n) is 8.49. The van der Waals surface area contributed by atoms with E-state index in [9.17, 15) is 19.5 Å².